The number of sulfonamides is 1. The summed E-state index contributed by atoms with van der Waals surface area (Å²) in [6.45, 7) is 7.00. The van der Waals surface area contributed by atoms with Crippen molar-refractivity contribution in [2.75, 3.05) is 30.8 Å². The van der Waals surface area contributed by atoms with E-state index in [9.17, 15) is 18.0 Å². The van der Waals surface area contributed by atoms with Crippen LogP contribution in [0.15, 0.2) is 48.5 Å². The van der Waals surface area contributed by atoms with Crippen molar-refractivity contribution in [2.45, 2.75) is 71.9 Å². The zero-order chi connectivity index (χ0) is 28.1. The number of anilines is 1. The number of hydrogen-bond donors (Lipinski definition) is 1. The van der Waals surface area contributed by atoms with Crippen LogP contribution in [-0.2, 0) is 32.6 Å². The SMILES string of the molecule is CCCCNC(=O)[C@@H](CC)N(Cc1ccc(OC)cc1)C(=O)CCCN(c1ccc(CC)cc1)S(C)(=O)=O. The first-order valence-electron chi connectivity index (χ1n) is 13.4. The Kier molecular flexibility index (Phi) is 12.6. The molecule has 0 unspecified atom stereocenters. The normalized spacial score (nSPS) is 12.0. The number of methoxy groups -OCH3 is 1. The summed E-state index contributed by atoms with van der Waals surface area (Å²) in [6.07, 6.45) is 4.79. The van der Waals surface area contributed by atoms with Crippen molar-refractivity contribution in [1.82, 2.24) is 10.2 Å². The van der Waals surface area contributed by atoms with E-state index in [1.54, 1.807) is 24.1 Å². The third-order valence-corrected chi connectivity index (χ3v) is 7.71. The van der Waals surface area contributed by atoms with Gasteiger partial charge in [0.1, 0.15) is 11.8 Å². The number of aryl methyl sites for hydroxylation is 1. The van der Waals surface area contributed by atoms with Crippen LogP contribution in [0.5, 0.6) is 5.75 Å². The molecule has 1 atom stereocenters. The van der Waals surface area contributed by atoms with Gasteiger partial charge in [-0.3, -0.25) is 13.9 Å². The Morgan fingerprint density at radius 3 is 2.11 bits per heavy atom. The molecule has 2 aromatic rings. The zero-order valence-corrected chi connectivity index (χ0v) is 24.2. The second-order valence-corrected chi connectivity index (χ2v) is 11.3. The first-order chi connectivity index (χ1) is 18.1. The highest BCUT2D eigenvalue weighted by Crippen LogP contribution is 2.21. The van der Waals surface area contributed by atoms with Gasteiger partial charge in [-0.05, 0) is 61.1 Å². The molecule has 0 heterocycles. The summed E-state index contributed by atoms with van der Waals surface area (Å²) < 4.78 is 31.6. The van der Waals surface area contributed by atoms with Crippen molar-refractivity contribution in [1.29, 1.82) is 0 Å². The fourth-order valence-electron chi connectivity index (χ4n) is 4.26. The van der Waals surface area contributed by atoms with Gasteiger partial charge in [-0.15, -0.1) is 0 Å². The summed E-state index contributed by atoms with van der Waals surface area (Å²) in [5.74, 6) is 0.355. The Hall–Kier alpha value is -3.07. The van der Waals surface area contributed by atoms with Crippen LogP contribution >= 0.6 is 0 Å². The predicted octanol–water partition coefficient (Wildman–Crippen LogP) is 4.53. The quantitative estimate of drug-likeness (QED) is 0.313. The summed E-state index contributed by atoms with van der Waals surface area (Å²) in [5, 5.41) is 2.96. The van der Waals surface area contributed by atoms with Crippen molar-refractivity contribution in [3.8, 4) is 5.75 Å². The molecule has 2 rings (SSSR count). The molecule has 2 aromatic carbocycles. The second-order valence-electron chi connectivity index (χ2n) is 9.40. The number of nitrogens with zero attached hydrogens (tertiary/aromatic N) is 2. The van der Waals surface area contributed by atoms with Crippen molar-refractivity contribution in [3.05, 3.63) is 59.7 Å². The fourth-order valence-corrected chi connectivity index (χ4v) is 5.22. The van der Waals surface area contributed by atoms with Crippen LogP contribution in [0.4, 0.5) is 5.69 Å². The maximum absolute atomic E-state index is 13.5. The smallest absolute Gasteiger partial charge is 0.242 e. The molecule has 0 aliphatic heterocycles. The lowest BCUT2D eigenvalue weighted by Gasteiger charge is -2.31. The summed E-state index contributed by atoms with van der Waals surface area (Å²) in [7, 11) is -1.93. The van der Waals surface area contributed by atoms with E-state index in [0.717, 1.165) is 30.4 Å². The number of nitrogens with one attached hydrogen (secondary N) is 1. The van der Waals surface area contributed by atoms with E-state index in [-0.39, 0.29) is 31.3 Å². The predicted molar refractivity (Wildman–Crippen MR) is 153 cm³/mol. The fraction of sp³-hybridized carbons (Fsp3) is 0.517. The van der Waals surface area contributed by atoms with Gasteiger partial charge in [0.2, 0.25) is 21.8 Å². The highest BCUT2D eigenvalue weighted by Gasteiger charge is 2.28. The average molecular weight is 546 g/mol. The Morgan fingerprint density at radius 2 is 1.58 bits per heavy atom. The number of carbonyl (C=O) groups is 2. The number of hydrogen-bond acceptors (Lipinski definition) is 5. The van der Waals surface area contributed by atoms with Crippen LogP contribution in [0.25, 0.3) is 0 Å². The van der Waals surface area contributed by atoms with Crippen molar-refractivity contribution in [3.63, 3.8) is 0 Å². The number of unbranched alkanes of at least 4 members (excludes halogenated alkanes) is 1. The molecule has 1 N–H and O–H groups in total. The van der Waals surface area contributed by atoms with E-state index in [1.165, 1.54) is 10.6 Å². The van der Waals surface area contributed by atoms with Gasteiger partial charge in [0.05, 0.1) is 19.1 Å². The molecule has 0 aromatic heterocycles. The van der Waals surface area contributed by atoms with E-state index in [0.29, 0.717) is 30.8 Å². The number of rotatable bonds is 16. The molecule has 2 amide bonds. The molecule has 0 fully saturated rings. The third kappa shape index (κ3) is 9.35. The molecule has 0 saturated carbocycles. The van der Waals surface area contributed by atoms with Gasteiger partial charge >= 0.3 is 0 Å². The van der Waals surface area contributed by atoms with Gasteiger partial charge in [0.15, 0.2) is 0 Å². The van der Waals surface area contributed by atoms with Gasteiger partial charge < -0.3 is 15.0 Å². The van der Waals surface area contributed by atoms with Crippen LogP contribution in [0.1, 0.15) is 64.0 Å². The van der Waals surface area contributed by atoms with E-state index < -0.39 is 16.1 Å². The molecule has 210 valence electrons. The molecule has 9 heteroatoms. The number of ether oxygens (including phenoxy) is 1. The van der Waals surface area contributed by atoms with Crippen LogP contribution in [0.2, 0.25) is 0 Å². The van der Waals surface area contributed by atoms with Crippen LogP contribution < -0.4 is 14.4 Å². The van der Waals surface area contributed by atoms with E-state index in [4.69, 9.17) is 4.74 Å². The topological polar surface area (TPSA) is 96.0 Å². The largest absolute Gasteiger partial charge is 0.497 e. The molecule has 8 nitrogen and oxygen atoms in total. The van der Waals surface area contributed by atoms with Crippen molar-refractivity contribution < 1.29 is 22.7 Å². The minimum absolute atomic E-state index is 0.119. The highest BCUT2D eigenvalue weighted by molar-refractivity contribution is 7.92. The first-order valence-corrected chi connectivity index (χ1v) is 15.3. The van der Waals surface area contributed by atoms with Crippen LogP contribution in [0.3, 0.4) is 0 Å². The number of carbonyl (C=O) groups excluding carboxylic acids is 2. The molecule has 0 spiro atoms. The molecule has 38 heavy (non-hydrogen) atoms. The zero-order valence-electron chi connectivity index (χ0n) is 23.4. The van der Waals surface area contributed by atoms with E-state index in [1.807, 2.05) is 50.2 Å². The van der Waals surface area contributed by atoms with Gasteiger partial charge in [0.25, 0.3) is 0 Å². The van der Waals surface area contributed by atoms with E-state index >= 15 is 0 Å². The van der Waals surface area contributed by atoms with Gasteiger partial charge in [-0.2, -0.15) is 0 Å². The molecule has 0 saturated heterocycles. The maximum atomic E-state index is 13.5. The summed E-state index contributed by atoms with van der Waals surface area (Å²) >= 11 is 0. The molecular weight excluding hydrogens is 502 g/mol. The molecular formula is C29H43N3O5S. The third-order valence-electron chi connectivity index (χ3n) is 6.51. The number of amides is 2. The monoisotopic (exact) mass is 545 g/mol. The lowest BCUT2D eigenvalue weighted by Crippen LogP contribution is -2.49. The Morgan fingerprint density at radius 1 is 0.947 bits per heavy atom. The average Bonchev–Trinajstić information content (AvgIpc) is 2.90. The first kappa shape index (κ1) is 31.1. The van der Waals surface area contributed by atoms with Gasteiger partial charge in [0, 0.05) is 26.1 Å². The van der Waals surface area contributed by atoms with Crippen molar-refractivity contribution in [2.24, 2.45) is 0 Å². The minimum Gasteiger partial charge on any atom is -0.497 e. The van der Waals surface area contributed by atoms with Crippen LogP contribution in [-0.4, -0.2) is 57.6 Å². The Labute approximate surface area is 228 Å². The molecule has 0 bridgehead atoms. The lowest BCUT2D eigenvalue weighted by molar-refractivity contribution is -0.141. The van der Waals surface area contributed by atoms with E-state index in [2.05, 4.69) is 12.2 Å². The highest BCUT2D eigenvalue weighted by atomic mass is 32.2. The standard InChI is InChI=1S/C29H43N3O5S/c1-6-9-20-30-29(34)27(8-3)31(22-24-14-18-26(37-4)19-15-24)28(33)11-10-21-32(38(5,35)36)25-16-12-23(7-2)13-17-25/h12-19,27H,6-11,20-22H2,1-5H3,(H,30,34)/t27-/m1/s1. The Balaban J connectivity index is 2.19. The van der Waals surface area contributed by atoms with Gasteiger partial charge in [-0.1, -0.05) is 51.5 Å². The lowest BCUT2D eigenvalue weighted by atomic mass is 10.1. The number of benzene rings is 2. The maximum Gasteiger partial charge on any atom is 0.242 e. The Bertz CT molecular complexity index is 1120. The van der Waals surface area contributed by atoms with Crippen molar-refractivity contribution >= 4 is 27.5 Å². The summed E-state index contributed by atoms with van der Waals surface area (Å²) in [6, 6.07) is 14.2. The second kappa shape index (κ2) is 15.4. The molecule has 0 aliphatic carbocycles. The molecule has 0 radical (unpaired) electrons. The minimum atomic E-state index is -3.53. The van der Waals surface area contributed by atoms with Crippen LogP contribution in [0, 0.1) is 0 Å². The summed E-state index contributed by atoms with van der Waals surface area (Å²) in [5.41, 5.74) is 2.58. The van der Waals surface area contributed by atoms with Gasteiger partial charge in [-0.25, -0.2) is 8.42 Å². The summed E-state index contributed by atoms with van der Waals surface area (Å²) in [4.78, 5) is 28.1. The molecule has 0 aliphatic rings.